The molecule has 1 unspecified atom stereocenters. The lowest BCUT2D eigenvalue weighted by molar-refractivity contribution is -0.159. The third kappa shape index (κ3) is 6.25. The van der Waals surface area contributed by atoms with E-state index in [1.54, 1.807) is 0 Å². The average molecular weight is 285 g/mol. The van der Waals surface area contributed by atoms with Crippen LogP contribution in [0.3, 0.4) is 0 Å². The van der Waals surface area contributed by atoms with Crippen LogP contribution in [0.1, 0.15) is 61.3 Å². The molecule has 0 heterocycles. The van der Waals surface area contributed by atoms with E-state index >= 15 is 0 Å². The highest BCUT2D eigenvalue weighted by Gasteiger charge is 2.38. The Morgan fingerprint density at radius 2 is 1.75 bits per heavy atom. The molecule has 0 N–H and O–H groups in total. The van der Waals surface area contributed by atoms with Gasteiger partial charge in [0.25, 0.3) is 0 Å². The van der Waals surface area contributed by atoms with Gasteiger partial charge in [0.1, 0.15) is 6.61 Å². The van der Waals surface area contributed by atoms with Crippen molar-refractivity contribution in [2.75, 3.05) is 26.2 Å². The van der Waals surface area contributed by atoms with Crippen LogP contribution in [0.15, 0.2) is 0 Å². The van der Waals surface area contributed by atoms with Gasteiger partial charge in [-0.3, -0.25) is 4.79 Å². The number of carbonyl (C=O) groups excluding carboxylic acids is 1. The third-order valence-corrected chi connectivity index (χ3v) is 4.20. The third-order valence-electron chi connectivity index (χ3n) is 4.20. The summed E-state index contributed by atoms with van der Waals surface area (Å²) in [6.07, 6.45) is 2.02. The summed E-state index contributed by atoms with van der Waals surface area (Å²) in [5.74, 6) is 0.770. The fraction of sp³-hybridized carbons (Fsp3) is 0.941. The predicted octanol–water partition coefficient (Wildman–Crippen LogP) is 3.97. The van der Waals surface area contributed by atoms with E-state index in [2.05, 4.69) is 46.4 Å². The molecule has 20 heavy (non-hydrogen) atoms. The quantitative estimate of drug-likeness (QED) is 0.569. The number of rotatable bonds is 10. The van der Waals surface area contributed by atoms with Gasteiger partial charge >= 0.3 is 5.97 Å². The lowest BCUT2D eigenvalue weighted by atomic mass is 9.73. The zero-order chi connectivity index (χ0) is 15.8. The van der Waals surface area contributed by atoms with Gasteiger partial charge in [-0.2, -0.15) is 0 Å². The molecule has 0 aromatic carbocycles. The monoisotopic (exact) mass is 285 g/mol. The average Bonchev–Trinajstić information content (AvgIpc) is 2.36. The highest BCUT2D eigenvalue weighted by molar-refractivity contribution is 5.76. The summed E-state index contributed by atoms with van der Waals surface area (Å²) in [7, 11) is 0. The Balaban J connectivity index is 4.41. The maximum atomic E-state index is 12.4. The maximum Gasteiger partial charge on any atom is 0.312 e. The van der Waals surface area contributed by atoms with Gasteiger partial charge in [-0.05, 0) is 44.7 Å². The topological polar surface area (TPSA) is 29.5 Å². The fourth-order valence-corrected chi connectivity index (χ4v) is 2.58. The number of ether oxygens (including phenoxy) is 1. The SMILES string of the molecule is CCCN(CC)CCOC(=O)C(C)(CC(C)C)C(C)C. The lowest BCUT2D eigenvalue weighted by Gasteiger charge is -2.33. The van der Waals surface area contributed by atoms with Crippen molar-refractivity contribution in [3.05, 3.63) is 0 Å². The van der Waals surface area contributed by atoms with Crippen LogP contribution in [0.5, 0.6) is 0 Å². The minimum atomic E-state index is -0.365. The zero-order valence-corrected chi connectivity index (χ0v) is 14.7. The molecule has 0 fully saturated rings. The van der Waals surface area contributed by atoms with Crippen molar-refractivity contribution in [3.8, 4) is 0 Å². The molecule has 0 rings (SSSR count). The summed E-state index contributed by atoms with van der Waals surface area (Å²) >= 11 is 0. The van der Waals surface area contributed by atoms with Crippen LogP contribution in [-0.2, 0) is 9.53 Å². The first kappa shape index (κ1) is 19.4. The second kappa shape index (κ2) is 9.38. The molecule has 0 saturated carbocycles. The molecule has 0 aromatic rings. The first-order chi connectivity index (χ1) is 9.27. The van der Waals surface area contributed by atoms with E-state index in [0.717, 1.165) is 32.5 Å². The van der Waals surface area contributed by atoms with Gasteiger partial charge in [0.05, 0.1) is 5.41 Å². The first-order valence-corrected chi connectivity index (χ1v) is 8.17. The van der Waals surface area contributed by atoms with E-state index in [9.17, 15) is 4.79 Å². The van der Waals surface area contributed by atoms with Crippen molar-refractivity contribution in [1.29, 1.82) is 0 Å². The summed E-state index contributed by atoms with van der Waals surface area (Å²) in [5, 5.41) is 0. The highest BCUT2D eigenvalue weighted by atomic mass is 16.5. The van der Waals surface area contributed by atoms with Crippen LogP contribution in [-0.4, -0.2) is 37.1 Å². The minimum Gasteiger partial charge on any atom is -0.464 e. The molecule has 0 aliphatic rings. The van der Waals surface area contributed by atoms with Crippen LogP contribution in [0.25, 0.3) is 0 Å². The molecule has 0 aliphatic carbocycles. The van der Waals surface area contributed by atoms with E-state index in [-0.39, 0.29) is 11.4 Å². The summed E-state index contributed by atoms with van der Waals surface area (Å²) in [6, 6.07) is 0. The molecule has 0 radical (unpaired) electrons. The normalized spacial score (nSPS) is 14.9. The molecule has 1 atom stereocenters. The molecule has 120 valence electrons. The molecule has 3 nitrogen and oxygen atoms in total. The molecule has 3 heteroatoms. The number of hydrogen-bond donors (Lipinski definition) is 0. The molecule has 0 amide bonds. The lowest BCUT2D eigenvalue weighted by Crippen LogP contribution is -2.38. The van der Waals surface area contributed by atoms with Gasteiger partial charge in [-0.1, -0.05) is 41.5 Å². The van der Waals surface area contributed by atoms with Gasteiger partial charge in [0.2, 0.25) is 0 Å². The Morgan fingerprint density at radius 1 is 1.15 bits per heavy atom. The van der Waals surface area contributed by atoms with Crippen molar-refractivity contribution >= 4 is 5.97 Å². The van der Waals surface area contributed by atoms with E-state index in [1.165, 1.54) is 0 Å². The second-order valence-electron chi connectivity index (χ2n) is 6.74. The molecule has 0 aliphatic heterocycles. The number of nitrogens with zero attached hydrogens (tertiary/aromatic N) is 1. The minimum absolute atomic E-state index is 0.0336. The number of likely N-dealkylation sites (N-methyl/N-ethyl adjacent to an activating group) is 1. The van der Waals surface area contributed by atoms with Crippen LogP contribution in [0, 0.1) is 17.3 Å². The maximum absolute atomic E-state index is 12.4. The van der Waals surface area contributed by atoms with Crippen LogP contribution >= 0.6 is 0 Å². The Bertz CT molecular complexity index is 276. The van der Waals surface area contributed by atoms with E-state index < -0.39 is 0 Å². The van der Waals surface area contributed by atoms with Crippen LogP contribution in [0.4, 0.5) is 0 Å². The Morgan fingerprint density at radius 3 is 2.15 bits per heavy atom. The molecule has 0 bridgehead atoms. The summed E-state index contributed by atoms with van der Waals surface area (Å²) in [6.45, 7) is 18.3. The van der Waals surface area contributed by atoms with E-state index in [1.807, 2.05) is 6.92 Å². The van der Waals surface area contributed by atoms with Crippen molar-refractivity contribution in [2.24, 2.45) is 17.3 Å². The Hall–Kier alpha value is -0.570. The zero-order valence-electron chi connectivity index (χ0n) is 14.7. The molecule has 0 spiro atoms. The van der Waals surface area contributed by atoms with Gasteiger partial charge < -0.3 is 9.64 Å². The summed E-state index contributed by atoms with van der Waals surface area (Å²) in [4.78, 5) is 14.8. The Labute approximate surface area is 126 Å². The summed E-state index contributed by atoms with van der Waals surface area (Å²) in [5.41, 5.74) is -0.365. The summed E-state index contributed by atoms with van der Waals surface area (Å²) < 4.78 is 5.57. The van der Waals surface area contributed by atoms with E-state index in [0.29, 0.717) is 18.4 Å². The second-order valence-corrected chi connectivity index (χ2v) is 6.74. The van der Waals surface area contributed by atoms with Crippen molar-refractivity contribution in [2.45, 2.75) is 61.3 Å². The van der Waals surface area contributed by atoms with Crippen LogP contribution < -0.4 is 0 Å². The highest BCUT2D eigenvalue weighted by Crippen LogP contribution is 2.35. The van der Waals surface area contributed by atoms with Gasteiger partial charge in [0, 0.05) is 6.54 Å². The number of hydrogen-bond acceptors (Lipinski definition) is 3. The molecular formula is C17H35NO2. The van der Waals surface area contributed by atoms with Gasteiger partial charge in [-0.25, -0.2) is 0 Å². The largest absolute Gasteiger partial charge is 0.464 e. The van der Waals surface area contributed by atoms with Gasteiger partial charge in [0.15, 0.2) is 0 Å². The van der Waals surface area contributed by atoms with Crippen LogP contribution in [0.2, 0.25) is 0 Å². The predicted molar refractivity (Wildman–Crippen MR) is 85.8 cm³/mol. The van der Waals surface area contributed by atoms with Crippen molar-refractivity contribution < 1.29 is 9.53 Å². The number of esters is 1. The fourth-order valence-electron chi connectivity index (χ4n) is 2.58. The van der Waals surface area contributed by atoms with Crippen molar-refractivity contribution in [3.63, 3.8) is 0 Å². The molecule has 0 aromatic heterocycles. The first-order valence-electron chi connectivity index (χ1n) is 8.17. The smallest absolute Gasteiger partial charge is 0.312 e. The van der Waals surface area contributed by atoms with E-state index in [4.69, 9.17) is 4.74 Å². The standard InChI is InChI=1S/C17H35NO2/c1-8-10-18(9-2)11-12-20-16(19)17(7,15(5)6)13-14(3)4/h14-15H,8-13H2,1-7H3. The molecular weight excluding hydrogens is 250 g/mol. The molecule has 0 saturated heterocycles. The van der Waals surface area contributed by atoms with Crippen molar-refractivity contribution in [1.82, 2.24) is 4.90 Å². The van der Waals surface area contributed by atoms with Gasteiger partial charge in [-0.15, -0.1) is 0 Å². The number of carbonyl (C=O) groups is 1. The Kier molecular flexibility index (Phi) is 9.11.